The second kappa shape index (κ2) is 10.8. The minimum absolute atomic E-state index is 1.25. The van der Waals surface area contributed by atoms with Gasteiger partial charge in [0.15, 0.2) is 0 Å². The van der Waals surface area contributed by atoms with Gasteiger partial charge in [-0.3, -0.25) is 0 Å². The first-order valence-electron chi connectivity index (χ1n) is 6.03. The molecule has 0 aliphatic carbocycles. The van der Waals surface area contributed by atoms with Gasteiger partial charge in [0.05, 0.1) is 0 Å². The Balaban J connectivity index is 2.92. The van der Waals surface area contributed by atoms with Gasteiger partial charge >= 0.3 is 0 Å². The highest BCUT2D eigenvalue weighted by atomic mass is 15.0. The Labute approximate surface area is 90.2 Å². The molecule has 0 aliphatic rings. The SMILES string of the molecule is CC=CCCCCCCCCN(C)C. The molecule has 0 aliphatic heterocycles. The molecule has 0 N–H and O–H groups in total. The third-order valence-electron chi connectivity index (χ3n) is 2.46. The molecular weight excluding hydrogens is 170 g/mol. The van der Waals surface area contributed by atoms with Gasteiger partial charge in [0.2, 0.25) is 0 Å². The number of rotatable bonds is 9. The number of unbranched alkanes of at least 4 members (excludes halogenated alkanes) is 6. The predicted octanol–water partition coefficient (Wildman–Crippen LogP) is 3.85. The Morgan fingerprint density at radius 2 is 1.43 bits per heavy atom. The van der Waals surface area contributed by atoms with Gasteiger partial charge in [-0.2, -0.15) is 0 Å². The average Bonchev–Trinajstić information content (AvgIpc) is 2.15. The van der Waals surface area contributed by atoms with E-state index in [4.69, 9.17) is 0 Å². The molecule has 0 saturated carbocycles. The van der Waals surface area contributed by atoms with Crippen LogP contribution in [0.25, 0.3) is 0 Å². The van der Waals surface area contributed by atoms with Gasteiger partial charge in [-0.15, -0.1) is 0 Å². The topological polar surface area (TPSA) is 3.24 Å². The molecule has 1 heteroatoms. The number of hydrogen-bond acceptors (Lipinski definition) is 1. The van der Waals surface area contributed by atoms with Gasteiger partial charge in [0.1, 0.15) is 0 Å². The summed E-state index contributed by atoms with van der Waals surface area (Å²) >= 11 is 0. The lowest BCUT2D eigenvalue weighted by Gasteiger charge is -2.08. The Morgan fingerprint density at radius 3 is 2.00 bits per heavy atom. The first-order chi connectivity index (χ1) is 6.77. The first-order valence-corrected chi connectivity index (χ1v) is 6.03. The molecule has 0 aromatic rings. The molecule has 0 atom stereocenters. The van der Waals surface area contributed by atoms with Crippen molar-refractivity contribution in [1.29, 1.82) is 0 Å². The quantitative estimate of drug-likeness (QED) is 0.401. The molecule has 0 bridgehead atoms. The molecule has 84 valence electrons. The van der Waals surface area contributed by atoms with E-state index in [0.29, 0.717) is 0 Å². The minimum atomic E-state index is 1.25. The summed E-state index contributed by atoms with van der Waals surface area (Å²) in [6.45, 7) is 3.35. The second-order valence-electron chi connectivity index (χ2n) is 4.28. The number of hydrogen-bond donors (Lipinski definition) is 0. The fourth-order valence-corrected chi connectivity index (χ4v) is 1.56. The number of nitrogens with zero attached hydrogens (tertiary/aromatic N) is 1. The van der Waals surface area contributed by atoms with Crippen molar-refractivity contribution < 1.29 is 0 Å². The van der Waals surface area contributed by atoms with Crippen molar-refractivity contribution in [2.45, 2.75) is 51.9 Å². The van der Waals surface area contributed by atoms with Crippen molar-refractivity contribution in [3.8, 4) is 0 Å². The summed E-state index contributed by atoms with van der Waals surface area (Å²) in [7, 11) is 4.30. The van der Waals surface area contributed by atoms with Gasteiger partial charge in [0, 0.05) is 0 Å². The van der Waals surface area contributed by atoms with Crippen LogP contribution in [0.5, 0.6) is 0 Å². The van der Waals surface area contributed by atoms with Gasteiger partial charge in [-0.1, -0.05) is 37.8 Å². The maximum Gasteiger partial charge on any atom is -0.00248 e. The Kier molecular flexibility index (Phi) is 10.5. The summed E-state index contributed by atoms with van der Waals surface area (Å²) in [5, 5.41) is 0. The Bertz CT molecular complexity index is 127. The van der Waals surface area contributed by atoms with Crippen molar-refractivity contribution in [2.24, 2.45) is 0 Å². The van der Waals surface area contributed by atoms with Crippen molar-refractivity contribution in [3.63, 3.8) is 0 Å². The van der Waals surface area contributed by atoms with Crippen LogP contribution >= 0.6 is 0 Å². The lowest BCUT2D eigenvalue weighted by atomic mass is 10.1. The van der Waals surface area contributed by atoms with E-state index in [1.807, 2.05) is 0 Å². The smallest absolute Gasteiger partial charge is 0.00248 e. The van der Waals surface area contributed by atoms with Crippen molar-refractivity contribution in [1.82, 2.24) is 4.90 Å². The zero-order valence-corrected chi connectivity index (χ0v) is 10.3. The van der Waals surface area contributed by atoms with Crippen LogP contribution in [0.4, 0.5) is 0 Å². The van der Waals surface area contributed by atoms with Crippen molar-refractivity contribution in [2.75, 3.05) is 20.6 Å². The second-order valence-corrected chi connectivity index (χ2v) is 4.28. The molecule has 0 heterocycles. The minimum Gasteiger partial charge on any atom is -0.309 e. The van der Waals surface area contributed by atoms with E-state index in [2.05, 4.69) is 38.1 Å². The summed E-state index contributed by atoms with van der Waals surface area (Å²) in [6, 6.07) is 0. The van der Waals surface area contributed by atoms with Crippen LogP contribution in [-0.4, -0.2) is 25.5 Å². The van der Waals surface area contributed by atoms with E-state index in [1.165, 1.54) is 51.5 Å². The molecule has 0 spiro atoms. The highest BCUT2D eigenvalue weighted by Crippen LogP contribution is 2.07. The van der Waals surface area contributed by atoms with E-state index in [0.717, 1.165) is 0 Å². The van der Waals surface area contributed by atoms with Crippen LogP contribution in [0.3, 0.4) is 0 Å². The molecular formula is C13H27N. The molecule has 0 fully saturated rings. The molecule has 14 heavy (non-hydrogen) atoms. The maximum absolute atomic E-state index is 2.27. The fourth-order valence-electron chi connectivity index (χ4n) is 1.56. The van der Waals surface area contributed by atoms with Crippen LogP contribution < -0.4 is 0 Å². The molecule has 0 radical (unpaired) electrons. The van der Waals surface area contributed by atoms with Crippen LogP contribution in [-0.2, 0) is 0 Å². The zero-order chi connectivity index (χ0) is 10.6. The molecule has 0 saturated heterocycles. The highest BCUT2D eigenvalue weighted by molar-refractivity contribution is 4.76. The lowest BCUT2D eigenvalue weighted by molar-refractivity contribution is 0.389. The lowest BCUT2D eigenvalue weighted by Crippen LogP contribution is -2.12. The molecule has 0 aromatic heterocycles. The van der Waals surface area contributed by atoms with Crippen LogP contribution in [0.2, 0.25) is 0 Å². The Hall–Kier alpha value is -0.300. The molecule has 0 amide bonds. The van der Waals surface area contributed by atoms with E-state index in [1.54, 1.807) is 0 Å². The molecule has 0 unspecified atom stereocenters. The molecule has 0 aromatic carbocycles. The van der Waals surface area contributed by atoms with Crippen LogP contribution in [0.15, 0.2) is 12.2 Å². The van der Waals surface area contributed by atoms with Crippen LogP contribution in [0, 0.1) is 0 Å². The predicted molar refractivity (Wildman–Crippen MR) is 65.7 cm³/mol. The summed E-state index contributed by atoms with van der Waals surface area (Å²) in [6.07, 6.45) is 14.1. The molecule has 1 nitrogen and oxygen atoms in total. The van der Waals surface area contributed by atoms with Gasteiger partial charge in [-0.25, -0.2) is 0 Å². The zero-order valence-electron chi connectivity index (χ0n) is 10.3. The third-order valence-corrected chi connectivity index (χ3v) is 2.46. The largest absolute Gasteiger partial charge is 0.309 e. The van der Waals surface area contributed by atoms with Crippen molar-refractivity contribution in [3.05, 3.63) is 12.2 Å². The summed E-state index contributed by atoms with van der Waals surface area (Å²) in [4.78, 5) is 2.27. The summed E-state index contributed by atoms with van der Waals surface area (Å²) in [5.41, 5.74) is 0. The standard InChI is InChI=1S/C13H27N/c1-4-5-6-7-8-9-10-11-12-13-14(2)3/h4-5H,6-13H2,1-3H3. The van der Waals surface area contributed by atoms with Gasteiger partial charge in [0.25, 0.3) is 0 Å². The monoisotopic (exact) mass is 197 g/mol. The van der Waals surface area contributed by atoms with E-state index in [9.17, 15) is 0 Å². The van der Waals surface area contributed by atoms with Gasteiger partial charge in [-0.05, 0) is 46.8 Å². The maximum atomic E-state index is 2.27. The van der Waals surface area contributed by atoms with E-state index in [-0.39, 0.29) is 0 Å². The third kappa shape index (κ3) is 11.7. The highest BCUT2D eigenvalue weighted by Gasteiger charge is 1.92. The number of allylic oxidation sites excluding steroid dienone is 2. The van der Waals surface area contributed by atoms with Crippen LogP contribution in [0.1, 0.15) is 51.9 Å². The molecule has 0 rings (SSSR count). The van der Waals surface area contributed by atoms with E-state index < -0.39 is 0 Å². The normalized spacial score (nSPS) is 11.7. The summed E-state index contributed by atoms with van der Waals surface area (Å²) < 4.78 is 0. The Morgan fingerprint density at radius 1 is 0.857 bits per heavy atom. The van der Waals surface area contributed by atoms with Gasteiger partial charge < -0.3 is 4.90 Å². The average molecular weight is 197 g/mol. The first kappa shape index (κ1) is 13.7. The van der Waals surface area contributed by atoms with E-state index >= 15 is 0 Å². The summed E-state index contributed by atoms with van der Waals surface area (Å²) in [5.74, 6) is 0. The fraction of sp³-hybridized carbons (Fsp3) is 0.846. The van der Waals surface area contributed by atoms with Crippen molar-refractivity contribution >= 4 is 0 Å².